The van der Waals surface area contributed by atoms with Gasteiger partial charge in [-0.2, -0.15) is 0 Å². The van der Waals surface area contributed by atoms with E-state index in [0.29, 0.717) is 5.69 Å². The summed E-state index contributed by atoms with van der Waals surface area (Å²) in [7, 11) is 0. The summed E-state index contributed by atoms with van der Waals surface area (Å²) in [5, 5.41) is 12.5. The molecule has 1 aromatic rings. The minimum Gasteiger partial charge on any atom is -0.396 e. The van der Waals surface area contributed by atoms with E-state index >= 15 is 0 Å². The molecule has 0 radical (unpaired) electrons. The minimum absolute atomic E-state index is 0.0436. The van der Waals surface area contributed by atoms with Gasteiger partial charge < -0.3 is 15.0 Å². The Hall–Kier alpha value is -0.810. The van der Waals surface area contributed by atoms with Gasteiger partial charge in [-0.05, 0) is 41.8 Å². The molecule has 5 heteroatoms. The van der Waals surface area contributed by atoms with Crippen molar-refractivity contribution in [2.24, 2.45) is 5.92 Å². The zero-order valence-corrected chi connectivity index (χ0v) is 12.8. The highest BCUT2D eigenvalue weighted by Crippen LogP contribution is 2.24. The number of aliphatic hydroxyl groups is 1. The first kappa shape index (κ1) is 14.6. The van der Waals surface area contributed by atoms with E-state index in [-0.39, 0.29) is 24.5 Å². The molecule has 0 bridgehead atoms. The second-order valence-electron chi connectivity index (χ2n) is 5.14. The Balaban J connectivity index is 2.07. The molecule has 0 spiro atoms. The third-order valence-corrected chi connectivity index (χ3v) is 4.33. The Kier molecular flexibility index (Phi) is 5.05. The van der Waals surface area contributed by atoms with Gasteiger partial charge in [0.25, 0.3) is 5.91 Å². The summed E-state index contributed by atoms with van der Waals surface area (Å²) in [5.41, 5.74) is 0.677. The van der Waals surface area contributed by atoms with E-state index in [9.17, 15) is 9.90 Å². The molecule has 106 valence electrons. The lowest BCUT2D eigenvalue weighted by atomic mass is 9.85. The van der Waals surface area contributed by atoms with Gasteiger partial charge in [0.1, 0.15) is 5.69 Å². The minimum atomic E-state index is -0.0436. The van der Waals surface area contributed by atoms with Crippen LogP contribution in [0.5, 0.6) is 0 Å². The van der Waals surface area contributed by atoms with Gasteiger partial charge in [-0.1, -0.05) is 12.8 Å². The number of amides is 1. The van der Waals surface area contributed by atoms with Crippen molar-refractivity contribution in [3.63, 3.8) is 0 Å². The molecule has 2 atom stereocenters. The summed E-state index contributed by atoms with van der Waals surface area (Å²) < 4.78 is 2.85. The Morgan fingerprint density at radius 1 is 1.53 bits per heavy atom. The summed E-state index contributed by atoms with van der Waals surface area (Å²) in [6, 6.07) is 1.94. The van der Waals surface area contributed by atoms with Crippen LogP contribution in [0.15, 0.2) is 16.7 Å². The predicted octanol–water partition coefficient (Wildman–Crippen LogP) is 2.55. The van der Waals surface area contributed by atoms with Gasteiger partial charge in [0, 0.05) is 35.8 Å². The number of hydrogen-bond donors (Lipinski definition) is 2. The highest BCUT2D eigenvalue weighted by molar-refractivity contribution is 9.10. The summed E-state index contributed by atoms with van der Waals surface area (Å²) >= 11 is 3.40. The second-order valence-corrected chi connectivity index (χ2v) is 6.05. The zero-order chi connectivity index (χ0) is 13.8. The molecule has 0 aliphatic heterocycles. The zero-order valence-electron chi connectivity index (χ0n) is 11.2. The molecule has 1 aromatic heterocycles. The summed E-state index contributed by atoms with van der Waals surface area (Å²) in [4.78, 5) is 12.3. The average molecular weight is 329 g/mol. The van der Waals surface area contributed by atoms with Gasteiger partial charge >= 0.3 is 0 Å². The standard InChI is InChI=1S/C14H21BrN2O2/c1-2-17-8-11(15)7-13(17)14(19)16-12-6-4-3-5-10(12)9-18/h7-8,10,12,18H,2-6,9H2,1H3,(H,16,19). The van der Waals surface area contributed by atoms with Crippen LogP contribution in [0.25, 0.3) is 0 Å². The van der Waals surface area contributed by atoms with Crippen molar-refractivity contribution < 1.29 is 9.90 Å². The monoisotopic (exact) mass is 328 g/mol. The molecular weight excluding hydrogens is 308 g/mol. The van der Waals surface area contributed by atoms with E-state index in [0.717, 1.165) is 36.7 Å². The van der Waals surface area contributed by atoms with Gasteiger partial charge in [0.05, 0.1) is 0 Å². The number of nitrogens with zero attached hydrogens (tertiary/aromatic N) is 1. The maximum atomic E-state index is 12.3. The van der Waals surface area contributed by atoms with Crippen LogP contribution in [0.2, 0.25) is 0 Å². The average Bonchev–Trinajstić information content (AvgIpc) is 2.80. The van der Waals surface area contributed by atoms with Crippen molar-refractivity contribution in [1.82, 2.24) is 9.88 Å². The third kappa shape index (κ3) is 3.39. The van der Waals surface area contributed by atoms with Crippen LogP contribution in [0.4, 0.5) is 0 Å². The lowest BCUT2D eigenvalue weighted by Crippen LogP contribution is -2.43. The van der Waals surface area contributed by atoms with Gasteiger partial charge in [-0.25, -0.2) is 0 Å². The number of carbonyl (C=O) groups is 1. The van der Waals surface area contributed by atoms with Crippen LogP contribution in [-0.4, -0.2) is 28.2 Å². The highest BCUT2D eigenvalue weighted by Gasteiger charge is 2.26. The van der Waals surface area contributed by atoms with Crippen molar-refractivity contribution in [1.29, 1.82) is 0 Å². The molecule has 19 heavy (non-hydrogen) atoms. The molecule has 1 heterocycles. The van der Waals surface area contributed by atoms with Crippen molar-refractivity contribution in [3.05, 3.63) is 22.4 Å². The number of aromatic nitrogens is 1. The molecule has 2 rings (SSSR count). The number of hydrogen-bond acceptors (Lipinski definition) is 2. The maximum Gasteiger partial charge on any atom is 0.268 e. The van der Waals surface area contributed by atoms with Gasteiger partial charge in [0.15, 0.2) is 0 Å². The summed E-state index contributed by atoms with van der Waals surface area (Å²) in [5.74, 6) is 0.157. The van der Waals surface area contributed by atoms with E-state index in [1.807, 2.05) is 23.8 Å². The number of carbonyl (C=O) groups excluding carboxylic acids is 1. The quantitative estimate of drug-likeness (QED) is 0.892. The maximum absolute atomic E-state index is 12.3. The van der Waals surface area contributed by atoms with Crippen LogP contribution in [0.3, 0.4) is 0 Å². The largest absolute Gasteiger partial charge is 0.396 e. The fourth-order valence-corrected chi connectivity index (χ4v) is 3.25. The first-order chi connectivity index (χ1) is 9.15. The van der Waals surface area contributed by atoms with Crippen LogP contribution < -0.4 is 5.32 Å². The van der Waals surface area contributed by atoms with Crippen molar-refractivity contribution in [2.75, 3.05) is 6.61 Å². The molecule has 1 fully saturated rings. The Morgan fingerprint density at radius 2 is 2.26 bits per heavy atom. The van der Waals surface area contributed by atoms with Crippen LogP contribution in [-0.2, 0) is 6.54 Å². The molecule has 1 aliphatic carbocycles. The Labute approximate surface area is 122 Å². The topological polar surface area (TPSA) is 54.3 Å². The van der Waals surface area contributed by atoms with E-state index in [1.165, 1.54) is 0 Å². The lowest BCUT2D eigenvalue weighted by molar-refractivity contribution is 0.0863. The normalized spacial score (nSPS) is 23.3. The van der Waals surface area contributed by atoms with Gasteiger partial charge in [-0.3, -0.25) is 4.79 Å². The molecular formula is C14H21BrN2O2. The number of halogens is 1. The summed E-state index contributed by atoms with van der Waals surface area (Å²) in [6.45, 7) is 2.94. The van der Waals surface area contributed by atoms with E-state index in [2.05, 4.69) is 21.2 Å². The Bertz CT molecular complexity index is 445. The predicted molar refractivity (Wildman–Crippen MR) is 78.1 cm³/mol. The van der Waals surface area contributed by atoms with Gasteiger partial charge in [-0.15, -0.1) is 0 Å². The third-order valence-electron chi connectivity index (χ3n) is 3.90. The number of rotatable bonds is 4. The number of aryl methyl sites for hydroxylation is 1. The first-order valence-corrected chi connectivity index (χ1v) is 7.72. The summed E-state index contributed by atoms with van der Waals surface area (Å²) in [6.07, 6.45) is 6.15. The highest BCUT2D eigenvalue weighted by atomic mass is 79.9. The van der Waals surface area contributed by atoms with Gasteiger partial charge in [0.2, 0.25) is 0 Å². The number of aliphatic hydroxyl groups excluding tert-OH is 1. The smallest absolute Gasteiger partial charge is 0.268 e. The molecule has 2 N–H and O–H groups in total. The van der Waals surface area contributed by atoms with Crippen LogP contribution in [0, 0.1) is 5.92 Å². The van der Waals surface area contributed by atoms with E-state index in [4.69, 9.17) is 0 Å². The molecule has 1 saturated carbocycles. The van der Waals surface area contributed by atoms with Crippen LogP contribution in [0.1, 0.15) is 43.1 Å². The SMILES string of the molecule is CCn1cc(Br)cc1C(=O)NC1CCCCC1CO. The van der Waals surface area contributed by atoms with E-state index < -0.39 is 0 Å². The molecule has 1 amide bonds. The first-order valence-electron chi connectivity index (χ1n) is 6.93. The fraction of sp³-hybridized carbons (Fsp3) is 0.643. The lowest BCUT2D eigenvalue weighted by Gasteiger charge is -2.30. The molecule has 1 aliphatic rings. The fourth-order valence-electron chi connectivity index (χ4n) is 2.79. The van der Waals surface area contributed by atoms with E-state index in [1.54, 1.807) is 0 Å². The van der Waals surface area contributed by atoms with Crippen molar-refractivity contribution >= 4 is 21.8 Å². The van der Waals surface area contributed by atoms with Crippen molar-refractivity contribution in [3.8, 4) is 0 Å². The van der Waals surface area contributed by atoms with Crippen LogP contribution >= 0.6 is 15.9 Å². The number of nitrogens with one attached hydrogen (secondary N) is 1. The second kappa shape index (κ2) is 6.57. The molecule has 4 nitrogen and oxygen atoms in total. The molecule has 2 unspecified atom stereocenters. The van der Waals surface area contributed by atoms with Crippen molar-refractivity contribution in [2.45, 2.75) is 45.2 Å². The molecule has 0 saturated heterocycles. The molecule has 0 aromatic carbocycles. The Morgan fingerprint density at radius 3 is 2.95 bits per heavy atom.